The number of nitrogens with one attached hydrogen (secondary N) is 1. The van der Waals surface area contributed by atoms with Crippen molar-refractivity contribution in [1.29, 1.82) is 0 Å². The van der Waals surface area contributed by atoms with Crippen molar-refractivity contribution in [2.75, 3.05) is 6.54 Å². The molecular weight excluding hydrogens is 407 g/mol. The van der Waals surface area contributed by atoms with Crippen molar-refractivity contribution >= 4 is 16.9 Å². The minimum Gasteiger partial charge on any atom is -0.338 e. The molecule has 1 amide bonds. The summed E-state index contributed by atoms with van der Waals surface area (Å²) in [5, 5.41) is 7.67. The molecule has 1 N–H and O–H groups in total. The van der Waals surface area contributed by atoms with Gasteiger partial charge >= 0.3 is 12.1 Å². The molecule has 3 heterocycles. The Bertz CT molecular complexity index is 1190. The van der Waals surface area contributed by atoms with Gasteiger partial charge in [0, 0.05) is 23.6 Å². The first-order valence-corrected chi connectivity index (χ1v) is 10.2. The highest BCUT2D eigenvalue weighted by Crippen LogP contribution is 2.56. The topological polar surface area (TPSA) is 74.8 Å². The number of carbonyl (C=O) groups excluding carboxylic acids is 1. The number of carbonyl (C=O) groups is 1. The Kier molecular flexibility index (Phi) is 4.04. The van der Waals surface area contributed by atoms with E-state index < -0.39 is 23.5 Å². The number of halogens is 3. The summed E-state index contributed by atoms with van der Waals surface area (Å²) in [6.45, 7) is 6.13. The number of alkyl halides is 3. The van der Waals surface area contributed by atoms with Crippen molar-refractivity contribution < 1.29 is 18.0 Å². The van der Waals surface area contributed by atoms with E-state index in [0.29, 0.717) is 18.7 Å². The first kappa shape index (κ1) is 20.0. The number of hydrogen-bond donors (Lipinski definition) is 1. The van der Waals surface area contributed by atoms with E-state index in [1.165, 1.54) is 0 Å². The van der Waals surface area contributed by atoms with Crippen molar-refractivity contribution in [2.24, 2.45) is 5.41 Å². The Balaban J connectivity index is 1.63. The molecule has 9 heteroatoms. The molecule has 162 valence electrons. The number of rotatable bonds is 1. The van der Waals surface area contributed by atoms with Crippen LogP contribution >= 0.6 is 0 Å². The number of imidazole rings is 1. The molecule has 1 aliphatic heterocycles. The third-order valence-corrected chi connectivity index (χ3v) is 7.56. The second-order valence-electron chi connectivity index (χ2n) is 9.26. The maximum Gasteiger partial charge on any atom is 0.471 e. The fourth-order valence-corrected chi connectivity index (χ4v) is 5.39. The maximum absolute atomic E-state index is 13.3. The van der Waals surface area contributed by atoms with Crippen molar-refractivity contribution in [1.82, 2.24) is 25.1 Å². The zero-order chi connectivity index (χ0) is 22.2. The number of benzene rings is 1. The van der Waals surface area contributed by atoms with Gasteiger partial charge in [0.25, 0.3) is 0 Å². The highest BCUT2D eigenvalue weighted by atomic mass is 19.4. The number of hydrogen-bond acceptors (Lipinski definition) is 4. The third kappa shape index (κ3) is 2.78. The molecule has 0 saturated carbocycles. The summed E-state index contributed by atoms with van der Waals surface area (Å²) in [5.74, 6) is -1.08. The molecule has 1 aromatic carbocycles. The molecule has 31 heavy (non-hydrogen) atoms. The largest absolute Gasteiger partial charge is 0.471 e. The number of likely N-dealkylation sites (tertiary alicyclic amines) is 1. The molecule has 1 fully saturated rings. The molecular formula is C22H22F3N5O. The van der Waals surface area contributed by atoms with Gasteiger partial charge in [0.2, 0.25) is 0 Å². The average Bonchev–Trinajstić information content (AvgIpc) is 3.12. The average molecular weight is 429 g/mol. The molecule has 5 rings (SSSR count). The van der Waals surface area contributed by atoms with Gasteiger partial charge < -0.3 is 9.88 Å². The summed E-state index contributed by atoms with van der Waals surface area (Å²) in [7, 11) is 0. The summed E-state index contributed by atoms with van der Waals surface area (Å²) in [4.78, 5) is 21.2. The monoisotopic (exact) mass is 429 g/mol. The van der Waals surface area contributed by atoms with E-state index in [2.05, 4.69) is 28.2 Å². The van der Waals surface area contributed by atoms with Crippen LogP contribution in [-0.2, 0) is 16.6 Å². The van der Waals surface area contributed by atoms with Crippen LogP contribution in [0.25, 0.3) is 22.4 Å². The van der Waals surface area contributed by atoms with Gasteiger partial charge in [-0.1, -0.05) is 20.8 Å². The van der Waals surface area contributed by atoms with Gasteiger partial charge in [0.05, 0.1) is 23.4 Å². The fraction of sp³-hybridized carbons (Fsp3) is 0.455. The van der Waals surface area contributed by atoms with E-state index in [4.69, 9.17) is 4.98 Å². The van der Waals surface area contributed by atoms with Gasteiger partial charge in [-0.15, -0.1) is 0 Å². The third-order valence-electron chi connectivity index (χ3n) is 7.56. The molecule has 1 aliphatic carbocycles. The molecule has 0 radical (unpaired) electrons. The number of nitrogens with zero attached hydrogens (tertiary/aromatic N) is 4. The molecule has 1 saturated heterocycles. The van der Waals surface area contributed by atoms with E-state index in [9.17, 15) is 18.0 Å². The van der Waals surface area contributed by atoms with E-state index in [-0.39, 0.29) is 12.0 Å². The highest BCUT2D eigenvalue weighted by Gasteiger charge is 2.59. The van der Waals surface area contributed by atoms with Gasteiger partial charge in [-0.05, 0) is 47.6 Å². The van der Waals surface area contributed by atoms with Crippen LogP contribution in [0.15, 0.2) is 30.6 Å². The second-order valence-corrected chi connectivity index (χ2v) is 9.26. The molecule has 2 aliphatic rings. The Morgan fingerprint density at radius 2 is 2.00 bits per heavy atom. The first-order chi connectivity index (χ1) is 14.5. The predicted octanol–water partition coefficient (Wildman–Crippen LogP) is 4.02. The van der Waals surface area contributed by atoms with Gasteiger partial charge in [0.1, 0.15) is 5.82 Å². The van der Waals surface area contributed by atoms with Crippen LogP contribution in [0.3, 0.4) is 0 Å². The first-order valence-electron chi connectivity index (χ1n) is 10.2. The number of piperidine rings is 1. The number of aromatic nitrogens is 4. The van der Waals surface area contributed by atoms with E-state index in [0.717, 1.165) is 32.6 Å². The van der Waals surface area contributed by atoms with Crippen molar-refractivity contribution in [3.05, 3.63) is 41.7 Å². The van der Waals surface area contributed by atoms with Crippen LogP contribution in [0.5, 0.6) is 0 Å². The lowest BCUT2D eigenvalue weighted by Crippen LogP contribution is -2.66. The van der Waals surface area contributed by atoms with Crippen molar-refractivity contribution in [3.8, 4) is 11.4 Å². The molecule has 2 aromatic heterocycles. The van der Waals surface area contributed by atoms with E-state index in [1.54, 1.807) is 12.4 Å². The zero-order valence-corrected chi connectivity index (χ0v) is 17.4. The Morgan fingerprint density at radius 1 is 1.23 bits per heavy atom. The summed E-state index contributed by atoms with van der Waals surface area (Å²) in [5.41, 5.74) is 3.57. The number of H-pyrrole nitrogens is 1. The van der Waals surface area contributed by atoms with Crippen LogP contribution in [0.4, 0.5) is 13.2 Å². The number of aromatic amines is 1. The van der Waals surface area contributed by atoms with E-state index >= 15 is 0 Å². The summed E-state index contributed by atoms with van der Waals surface area (Å²) < 4.78 is 39.8. The van der Waals surface area contributed by atoms with Gasteiger partial charge in [-0.3, -0.25) is 4.79 Å². The summed E-state index contributed by atoms with van der Waals surface area (Å²) in [6, 6.07) is 5.30. The van der Waals surface area contributed by atoms with Crippen molar-refractivity contribution in [2.45, 2.75) is 51.2 Å². The number of fused-ring (bicyclic) bond motifs is 5. The van der Waals surface area contributed by atoms with Gasteiger partial charge in [-0.2, -0.15) is 23.4 Å². The summed E-state index contributed by atoms with van der Waals surface area (Å²) >= 11 is 0. The van der Waals surface area contributed by atoms with Gasteiger partial charge in [0.15, 0.2) is 0 Å². The minimum atomic E-state index is -4.87. The van der Waals surface area contributed by atoms with Crippen molar-refractivity contribution in [3.63, 3.8) is 0 Å². The molecule has 3 aromatic rings. The molecule has 6 nitrogen and oxygen atoms in total. The Hall–Kier alpha value is -2.97. The minimum absolute atomic E-state index is 0.0922. The van der Waals surface area contributed by atoms with E-state index in [1.807, 2.05) is 26.0 Å². The lowest BCUT2D eigenvalue weighted by atomic mass is 9.51. The Morgan fingerprint density at radius 3 is 2.68 bits per heavy atom. The molecule has 2 atom stereocenters. The van der Waals surface area contributed by atoms with Crippen LogP contribution < -0.4 is 0 Å². The summed E-state index contributed by atoms with van der Waals surface area (Å²) in [6.07, 6.45) is -0.823. The quantitative estimate of drug-likeness (QED) is 0.634. The van der Waals surface area contributed by atoms with Gasteiger partial charge in [-0.25, -0.2) is 4.98 Å². The fourth-order valence-electron chi connectivity index (χ4n) is 5.39. The molecule has 2 bridgehead atoms. The van der Waals surface area contributed by atoms with Crippen LogP contribution in [0.2, 0.25) is 0 Å². The predicted molar refractivity (Wildman–Crippen MR) is 108 cm³/mol. The SMILES string of the molecule is CC12CCN(C(=O)C(F)(F)F)[C@@H](Cc3cc4[nH]c(-c5ccnnc5)nc4cc31)C2(C)C. The smallest absolute Gasteiger partial charge is 0.338 e. The number of amides is 1. The van der Waals surface area contributed by atoms with Crippen LogP contribution in [-0.4, -0.2) is 49.7 Å². The lowest BCUT2D eigenvalue weighted by molar-refractivity contribution is -0.195. The second kappa shape index (κ2) is 6.27. The normalized spacial score (nSPS) is 24.8. The maximum atomic E-state index is 13.3. The van der Waals surface area contributed by atoms with Crippen LogP contribution in [0, 0.1) is 5.41 Å². The Labute approximate surface area is 176 Å². The van der Waals surface area contributed by atoms with Crippen LogP contribution in [0.1, 0.15) is 38.3 Å². The standard InChI is InChI=1S/C22H22F3N5O/c1-20(2)17-9-13-8-15-16(29-18(28-15)12-4-6-26-27-11-12)10-14(13)21(20,3)5-7-30(17)19(31)22(23,24)25/h4,6,8,10-11,17H,5,7,9H2,1-3H3,(H,28,29)/t17-,21?/m0/s1. The molecule has 1 unspecified atom stereocenters. The highest BCUT2D eigenvalue weighted by molar-refractivity contribution is 5.84. The molecule has 0 spiro atoms. The lowest BCUT2D eigenvalue weighted by Gasteiger charge is -2.60. The zero-order valence-electron chi connectivity index (χ0n) is 17.4.